The van der Waals surface area contributed by atoms with E-state index in [1.807, 2.05) is 18.2 Å². The van der Waals surface area contributed by atoms with Gasteiger partial charge in [-0.2, -0.15) is 0 Å². The number of aromatic hydroxyl groups is 1. The minimum atomic E-state index is -0.660. The van der Waals surface area contributed by atoms with Crippen molar-refractivity contribution in [3.05, 3.63) is 118 Å². The van der Waals surface area contributed by atoms with Crippen LogP contribution in [0.15, 0.2) is 84.9 Å². The maximum Gasteiger partial charge on any atom is 0.255 e. The molecule has 0 bridgehead atoms. The number of piperidine rings is 2. The maximum absolute atomic E-state index is 13.3. The Morgan fingerprint density at radius 3 is 2.42 bits per heavy atom. The van der Waals surface area contributed by atoms with Crippen molar-refractivity contribution in [3.63, 3.8) is 0 Å². The Kier molecular flexibility index (Phi) is 8.35. The van der Waals surface area contributed by atoms with Gasteiger partial charge in [0.15, 0.2) is 17.1 Å². The number of ether oxygens (including phenoxy) is 2. The van der Waals surface area contributed by atoms with E-state index in [1.165, 1.54) is 27.9 Å². The van der Waals surface area contributed by atoms with Gasteiger partial charge in [0.25, 0.3) is 5.91 Å². The number of carbonyl (C=O) groups is 3. The van der Waals surface area contributed by atoms with Crippen LogP contribution in [-0.2, 0) is 22.6 Å². The summed E-state index contributed by atoms with van der Waals surface area (Å²) < 4.78 is 12.9. The van der Waals surface area contributed by atoms with Crippen molar-refractivity contribution >= 4 is 23.4 Å². The van der Waals surface area contributed by atoms with Gasteiger partial charge in [-0.15, -0.1) is 0 Å². The first-order valence-electron chi connectivity index (χ1n) is 19.9. The molecule has 3 atom stereocenters. The van der Waals surface area contributed by atoms with E-state index < -0.39 is 17.6 Å². The lowest BCUT2D eigenvalue weighted by molar-refractivity contribution is -0.136. The summed E-state index contributed by atoms with van der Waals surface area (Å²) in [5, 5.41) is 12.6. The van der Waals surface area contributed by atoms with Crippen LogP contribution >= 0.6 is 0 Å². The number of nitrogens with one attached hydrogen (secondary N) is 1. The number of hydrogen-bond donors (Lipinski definition) is 2. The molecule has 10 heteroatoms. The van der Waals surface area contributed by atoms with Crippen molar-refractivity contribution in [3.8, 4) is 17.2 Å². The fraction of sp³-hybridized carbons (Fsp3) is 0.400. The molecule has 2 N–H and O–H groups in total. The highest BCUT2D eigenvalue weighted by Crippen LogP contribution is 2.48. The fourth-order valence-electron chi connectivity index (χ4n) is 10.3. The highest BCUT2D eigenvalue weighted by atomic mass is 16.6. The van der Waals surface area contributed by atoms with E-state index in [9.17, 15) is 19.5 Å². The van der Waals surface area contributed by atoms with Crippen LogP contribution in [0.5, 0.6) is 17.2 Å². The van der Waals surface area contributed by atoms with Crippen molar-refractivity contribution in [2.24, 2.45) is 5.92 Å². The number of anilines is 1. The van der Waals surface area contributed by atoms with Crippen molar-refractivity contribution < 1.29 is 29.0 Å². The molecule has 10 nitrogen and oxygen atoms in total. The Hall–Kier alpha value is -5.35. The average Bonchev–Trinajstić information content (AvgIpc) is 3.53. The molecule has 55 heavy (non-hydrogen) atoms. The molecular weight excluding hydrogens is 693 g/mol. The van der Waals surface area contributed by atoms with E-state index in [0.29, 0.717) is 47.7 Å². The predicted molar refractivity (Wildman–Crippen MR) is 207 cm³/mol. The Bertz CT molecular complexity index is 2160. The zero-order chi connectivity index (χ0) is 37.3. The number of phenols is 1. The Morgan fingerprint density at radius 1 is 0.836 bits per heavy atom. The maximum atomic E-state index is 13.3. The van der Waals surface area contributed by atoms with Crippen LogP contribution in [0, 0.1) is 5.92 Å². The van der Waals surface area contributed by atoms with E-state index >= 15 is 0 Å². The van der Waals surface area contributed by atoms with Crippen LogP contribution in [0.4, 0.5) is 5.69 Å². The third-order valence-corrected chi connectivity index (χ3v) is 13.0. The molecule has 3 fully saturated rings. The van der Waals surface area contributed by atoms with Crippen LogP contribution in [0.25, 0.3) is 0 Å². The predicted octanol–water partition coefficient (Wildman–Crippen LogP) is 5.76. The van der Waals surface area contributed by atoms with Crippen LogP contribution < -0.4 is 19.7 Å². The molecule has 1 unspecified atom stereocenters. The molecule has 0 saturated carbocycles. The standard InChI is InChI=1S/C45H46N4O6/c50-33-11-13-35-31(22-33)8-12-34(29-4-2-1-3-5-29)41(35)30-6-9-32(10-7-30)48-20-18-28(19-21-48)23-47-25-45(26-47)27-54-42-37-24-49(38-15-17-40(51)46-43(38)52)44(53)36(37)14-16-39(42)55-45/h1-7,9-11,13-14,16,22,28,34,38,41,50H,8,12,15,17-21,23-27H2,(H,46,51,52)/t34-,38?,41+/m1/s1. The van der Waals surface area contributed by atoms with Crippen LogP contribution in [0.1, 0.15) is 82.1 Å². The first kappa shape index (κ1) is 34.2. The van der Waals surface area contributed by atoms with Crippen LogP contribution in [0.2, 0.25) is 0 Å². The van der Waals surface area contributed by atoms with Gasteiger partial charge in [-0.3, -0.25) is 24.6 Å². The molecule has 6 aliphatic rings. The third-order valence-electron chi connectivity index (χ3n) is 13.0. The van der Waals surface area contributed by atoms with Gasteiger partial charge in [0.2, 0.25) is 11.8 Å². The molecule has 10 rings (SSSR count). The molecule has 0 aromatic heterocycles. The molecule has 5 heterocycles. The minimum absolute atomic E-state index is 0.209. The number of benzene rings is 4. The van der Waals surface area contributed by atoms with Crippen molar-refractivity contribution in [2.75, 3.05) is 44.2 Å². The Labute approximate surface area is 321 Å². The number of likely N-dealkylation sites (tertiary alicyclic amines) is 1. The zero-order valence-electron chi connectivity index (χ0n) is 30.9. The number of fused-ring (bicyclic) bond motifs is 4. The molecule has 0 radical (unpaired) electrons. The number of aryl methyl sites for hydroxylation is 1. The first-order valence-corrected chi connectivity index (χ1v) is 19.9. The first-order chi connectivity index (χ1) is 26.8. The quantitative estimate of drug-likeness (QED) is 0.241. The van der Waals surface area contributed by atoms with Crippen LogP contribution in [-0.4, -0.2) is 83.6 Å². The molecule has 1 spiro atoms. The number of nitrogens with zero attached hydrogens (tertiary/aromatic N) is 3. The van der Waals surface area contributed by atoms with E-state index in [0.717, 1.165) is 64.0 Å². The third kappa shape index (κ3) is 6.11. The van der Waals surface area contributed by atoms with Gasteiger partial charge < -0.3 is 24.4 Å². The fourth-order valence-corrected chi connectivity index (χ4v) is 10.3. The van der Waals surface area contributed by atoms with E-state index in [2.05, 4.69) is 75.8 Å². The smallest absolute Gasteiger partial charge is 0.255 e. The number of rotatable bonds is 6. The molecule has 282 valence electrons. The van der Waals surface area contributed by atoms with Gasteiger partial charge in [0, 0.05) is 61.9 Å². The van der Waals surface area contributed by atoms with E-state index in [1.54, 1.807) is 11.0 Å². The van der Waals surface area contributed by atoms with Crippen molar-refractivity contribution in [2.45, 2.75) is 68.5 Å². The van der Waals surface area contributed by atoms with Gasteiger partial charge in [0.1, 0.15) is 18.4 Å². The summed E-state index contributed by atoms with van der Waals surface area (Å²) in [4.78, 5) is 44.0. The number of amides is 3. The van der Waals surface area contributed by atoms with Gasteiger partial charge in [-0.25, -0.2) is 0 Å². The second-order valence-electron chi connectivity index (χ2n) is 16.5. The largest absolute Gasteiger partial charge is 0.508 e. The highest BCUT2D eigenvalue weighted by molar-refractivity contribution is 6.05. The topological polar surface area (TPSA) is 112 Å². The van der Waals surface area contributed by atoms with Gasteiger partial charge >= 0.3 is 0 Å². The lowest BCUT2D eigenvalue weighted by Gasteiger charge is -2.52. The van der Waals surface area contributed by atoms with E-state index in [-0.39, 0.29) is 30.7 Å². The Balaban J connectivity index is 0.744. The van der Waals surface area contributed by atoms with Crippen molar-refractivity contribution in [1.82, 2.24) is 15.1 Å². The summed E-state index contributed by atoms with van der Waals surface area (Å²) >= 11 is 0. The molecule has 1 aliphatic carbocycles. The van der Waals surface area contributed by atoms with Gasteiger partial charge in [-0.05, 0) is 103 Å². The number of imide groups is 1. The normalized spacial score (nSPS) is 24.7. The number of phenolic OH excluding ortho intramolecular Hbond substituents is 1. The molecule has 5 aliphatic heterocycles. The molecular formula is C45H46N4O6. The second kappa shape index (κ2) is 13.4. The van der Waals surface area contributed by atoms with Crippen LogP contribution in [0.3, 0.4) is 0 Å². The summed E-state index contributed by atoms with van der Waals surface area (Å²) in [7, 11) is 0. The average molecular weight is 739 g/mol. The SMILES string of the molecule is O=C1CCC(N2Cc3c(ccc4c3OCC3(CN(CC5CCN(c6ccc([C@@H]7c8ccc(O)cc8CC[C@@H]7c7ccccc7)cc6)CC5)C3)O4)C2=O)C(=O)N1. The van der Waals surface area contributed by atoms with Crippen molar-refractivity contribution in [1.29, 1.82) is 0 Å². The Morgan fingerprint density at radius 2 is 1.64 bits per heavy atom. The zero-order valence-corrected chi connectivity index (χ0v) is 30.9. The second-order valence-corrected chi connectivity index (χ2v) is 16.5. The van der Waals surface area contributed by atoms with E-state index in [4.69, 9.17) is 9.47 Å². The molecule has 4 aromatic rings. The summed E-state index contributed by atoms with van der Waals surface area (Å²) in [6, 6.07) is 29.0. The summed E-state index contributed by atoms with van der Waals surface area (Å²) in [5.41, 5.74) is 7.47. The minimum Gasteiger partial charge on any atom is -0.508 e. The van der Waals surface area contributed by atoms with Gasteiger partial charge in [0.05, 0.1) is 6.54 Å². The van der Waals surface area contributed by atoms with Gasteiger partial charge in [-0.1, -0.05) is 48.5 Å². The lowest BCUT2D eigenvalue weighted by atomic mass is 9.69. The summed E-state index contributed by atoms with van der Waals surface area (Å²) in [5.74, 6) is 1.94. The number of carbonyl (C=O) groups excluding carboxylic acids is 3. The molecule has 3 saturated heterocycles. The lowest BCUT2D eigenvalue weighted by Crippen LogP contribution is -2.69. The summed E-state index contributed by atoms with van der Waals surface area (Å²) in [6.07, 6.45) is 4.87. The monoisotopic (exact) mass is 738 g/mol. The number of hydrogen-bond acceptors (Lipinski definition) is 8. The highest BCUT2D eigenvalue weighted by Gasteiger charge is 2.51. The molecule has 4 aromatic carbocycles. The summed E-state index contributed by atoms with van der Waals surface area (Å²) in [6.45, 7) is 5.42. The molecule has 3 amide bonds.